The van der Waals surface area contributed by atoms with Gasteiger partial charge in [0.1, 0.15) is 12.2 Å². The van der Waals surface area contributed by atoms with Crippen molar-refractivity contribution in [2.24, 2.45) is 0 Å². The molecule has 0 saturated carbocycles. The van der Waals surface area contributed by atoms with E-state index in [-0.39, 0.29) is 19.8 Å². The molecule has 0 heterocycles. The van der Waals surface area contributed by atoms with E-state index in [4.69, 9.17) is 19.7 Å². The Morgan fingerprint density at radius 1 is 1.23 bits per heavy atom. The highest BCUT2D eigenvalue weighted by Crippen LogP contribution is 2.03. The molecular formula is C8H18O5. The minimum absolute atomic E-state index is 0.101. The molecule has 0 spiro atoms. The molecule has 0 aliphatic carbocycles. The standard InChI is InChI=1S/C8H18O5/c1-6(3-9)13-8(4-10)7(11)5-12-2/h6-11H,3-5H2,1-2H3/t6-,7-,8?/m0/s1. The average molecular weight is 194 g/mol. The van der Waals surface area contributed by atoms with Gasteiger partial charge in [-0.3, -0.25) is 0 Å². The number of methoxy groups -OCH3 is 1. The molecule has 0 aromatic rings. The van der Waals surface area contributed by atoms with Crippen LogP contribution in [0.2, 0.25) is 0 Å². The fourth-order valence-corrected chi connectivity index (χ4v) is 0.875. The lowest BCUT2D eigenvalue weighted by atomic mass is 10.2. The third-order valence-electron chi connectivity index (χ3n) is 1.61. The summed E-state index contributed by atoms with van der Waals surface area (Å²) in [7, 11) is 1.45. The second kappa shape index (κ2) is 7.23. The van der Waals surface area contributed by atoms with Gasteiger partial charge in [-0.05, 0) is 6.92 Å². The van der Waals surface area contributed by atoms with Crippen LogP contribution in [0.15, 0.2) is 0 Å². The summed E-state index contributed by atoms with van der Waals surface area (Å²) in [5.74, 6) is 0. The molecule has 1 unspecified atom stereocenters. The molecule has 0 saturated heterocycles. The lowest BCUT2D eigenvalue weighted by Gasteiger charge is -2.23. The van der Waals surface area contributed by atoms with Gasteiger partial charge in [0.25, 0.3) is 0 Å². The number of rotatable bonds is 7. The van der Waals surface area contributed by atoms with Gasteiger partial charge in [-0.2, -0.15) is 0 Å². The summed E-state index contributed by atoms with van der Waals surface area (Å²) in [5.41, 5.74) is 0. The van der Waals surface area contributed by atoms with E-state index >= 15 is 0 Å². The maximum atomic E-state index is 9.36. The van der Waals surface area contributed by atoms with Crippen molar-refractivity contribution < 1.29 is 24.8 Å². The van der Waals surface area contributed by atoms with Gasteiger partial charge in [-0.25, -0.2) is 0 Å². The average Bonchev–Trinajstić information content (AvgIpc) is 2.14. The number of aliphatic hydroxyl groups is 3. The van der Waals surface area contributed by atoms with Crippen LogP contribution in [0.3, 0.4) is 0 Å². The highest BCUT2D eigenvalue weighted by Gasteiger charge is 2.20. The molecule has 0 amide bonds. The van der Waals surface area contributed by atoms with Gasteiger partial charge in [-0.1, -0.05) is 0 Å². The van der Waals surface area contributed by atoms with Gasteiger partial charge >= 0.3 is 0 Å². The third kappa shape index (κ3) is 5.17. The first-order valence-electron chi connectivity index (χ1n) is 4.19. The number of ether oxygens (including phenoxy) is 2. The zero-order chi connectivity index (χ0) is 10.3. The van der Waals surface area contributed by atoms with Crippen molar-refractivity contribution in [1.29, 1.82) is 0 Å². The zero-order valence-electron chi connectivity index (χ0n) is 8.01. The summed E-state index contributed by atoms with van der Waals surface area (Å²) in [6, 6.07) is 0. The molecule has 0 aliphatic rings. The normalized spacial score (nSPS) is 18.2. The van der Waals surface area contributed by atoms with Crippen LogP contribution in [0, 0.1) is 0 Å². The van der Waals surface area contributed by atoms with E-state index < -0.39 is 18.3 Å². The maximum absolute atomic E-state index is 9.36. The Balaban J connectivity index is 3.86. The van der Waals surface area contributed by atoms with Gasteiger partial charge in [0.2, 0.25) is 0 Å². The van der Waals surface area contributed by atoms with Crippen molar-refractivity contribution in [2.75, 3.05) is 26.9 Å². The maximum Gasteiger partial charge on any atom is 0.109 e. The molecule has 0 rings (SSSR count). The zero-order valence-corrected chi connectivity index (χ0v) is 8.01. The number of aliphatic hydroxyl groups excluding tert-OH is 3. The largest absolute Gasteiger partial charge is 0.394 e. The Kier molecular flexibility index (Phi) is 7.12. The minimum Gasteiger partial charge on any atom is -0.394 e. The Morgan fingerprint density at radius 3 is 2.23 bits per heavy atom. The van der Waals surface area contributed by atoms with Crippen LogP contribution >= 0.6 is 0 Å². The Labute approximate surface area is 77.9 Å². The predicted octanol–water partition coefficient (Wildman–Crippen LogP) is -1.25. The molecule has 13 heavy (non-hydrogen) atoms. The Hall–Kier alpha value is -0.200. The topological polar surface area (TPSA) is 79.2 Å². The molecule has 5 heteroatoms. The molecule has 0 aromatic heterocycles. The highest BCUT2D eigenvalue weighted by molar-refractivity contribution is 4.68. The second-order valence-electron chi connectivity index (χ2n) is 2.87. The van der Waals surface area contributed by atoms with E-state index in [2.05, 4.69) is 0 Å². The van der Waals surface area contributed by atoms with Crippen molar-refractivity contribution in [3.63, 3.8) is 0 Å². The molecule has 0 radical (unpaired) electrons. The summed E-state index contributed by atoms with van der Waals surface area (Å²) >= 11 is 0. The summed E-state index contributed by atoms with van der Waals surface area (Å²) in [4.78, 5) is 0. The van der Waals surface area contributed by atoms with Gasteiger partial charge in [-0.15, -0.1) is 0 Å². The quantitative estimate of drug-likeness (QED) is 0.472. The fraction of sp³-hybridized carbons (Fsp3) is 1.00. The van der Waals surface area contributed by atoms with Crippen LogP contribution in [0.1, 0.15) is 6.92 Å². The monoisotopic (exact) mass is 194 g/mol. The van der Waals surface area contributed by atoms with E-state index in [1.807, 2.05) is 0 Å². The molecule has 0 fully saturated rings. The number of hydrogen-bond acceptors (Lipinski definition) is 5. The van der Waals surface area contributed by atoms with Crippen molar-refractivity contribution in [2.45, 2.75) is 25.2 Å². The van der Waals surface area contributed by atoms with Crippen LogP contribution in [-0.4, -0.2) is 60.6 Å². The molecule has 3 atom stereocenters. The van der Waals surface area contributed by atoms with Crippen LogP contribution in [0.25, 0.3) is 0 Å². The van der Waals surface area contributed by atoms with Gasteiger partial charge in [0.15, 0.2) is 0 Å². The number of hydrogen-bond donors (Lipinski definition) is 3. The lowest BCUT2D eigenvalue weighted by Crippen LogP contribution is -2.38. The van der Waals surface area contributed by atoms with E-state index in [1.54, 1.807) is 6.92 Å². The van der Waals surface area contributed by atoms with E-state index in [0.29, 0.717) is 0 Å². The van der Waals surface area contributed by atoms with Crippen molar-refractivity contribution in [1.82, 2.24) is 0 Å². The van der Waals surface area contributed by atoms with Crippen molar-refractivity contribution in [3.05, 3.63) is 0 Å². The first kappa shape index (κ1) is 12.8. The van der Waals surface area contributed by atoms with Crippen LogP contribution in [-0.2, 0) is 9.47 Å². The fourth-order valence-electron chi connectivity index (χ4n) is 0.875. The second-order valence-corrected chi connectivity index (χ2v) is 2.87. The summed E-state index contributed by atoms with van der Waals surface area (Å²) in [6.07, 6.45) is -1.98. The van der Waals surface area contributed by atoms with Crippen molar-refractivity contribution in [3.8, 4) is 0 Å². The van der Waals surface area contributed by atoms with Crippen molar-refractivity contribution >= 4 is 0 Å². The first-order valence-corrected chi connectivity index (χ1v) is 4.19. The van der Waals surface area contributed by atoms with Gasteiger partial charge in [0.05, 0.1) is 25.9 Å². The molecular weight excluding hydrogens is 176 g/mol. The third-order valence-corrected chi connectivity index (χ3v) is 1.61. The summed E-state index contributed by atoms with van der Waals surface area (Å²) in [6.45, 7) is 1.32. The van der Waals surface area contributed by atoms with Crippen LogP contribution in [0.4, 0.5) is 0 Å². The summed E-state index contributed by atoms with van der Waals surface area (Å²) < 4.78 is 9.83. The molecule has 0 bridgehead atoms. The molecule has 5 nitrogen and oxygen atoms in total. The van der Waals surface area contributed by atoms with Crippen LogP contribution < -0.4 is 0 Å². The Morgan fingerprint density at radius 2 is 1.85 bits per heavy atom. The molecule has 80 valence electrons. The van der Waals surface area contributed by atoms with Crippen LogP contribution in [0.5, 0.6) is 0 Å². The van der Waals surface area contributed by atoms with E-state index in [0.717, 1.165) is 0 Å². The molecule has 0 aromatic carbocycles. The minimum atomic E-state index is -0.871. The SMILES string of the molecule is COC[C@H](O)C(CO)O[C@@H](C)CO. The smallest absolute Gasteiger partial charge is 0.109 e. The molecule has 3 N–H and O–H groups in total. The predicted molar refractivity (Wildman–Crippen MR) is 46.4 cm³/mol. The van der Waals surface area contributed by atoms with Gasteiger partial charge < -0.3 is 24.8 Å². The van der Waals surface area contributed by atoms with Gasteiger partial charge in [0, 0.05) is 7.11 Å². The first-order chi connectivity index (χ1) is 6.15. The Bertz CT molecular complexity index is 119. The highest BCUT2D eigenvalue weighted by atomic mass is 16.5. The van der Waals surface area contributed by atoms with E-state index in [1.165, 1.54) is 7.11 Å². The lowest BCUT2D eigenvalue weighted by molar-refractivity contribution is -0.118. The molecule has 0 aliphatic heterocycles. The summed E-state index contributed by atoms with van der Waals surface area (Å²) in [5, 5.41) is 26.9. The van der Waals surface area contributed by atoms with E-state index in [9.17, 15) is 5.11 Å².